The molecule has 4 nitrogen and oxygen atoms in total. The highest BCUT2D eigenvalue weighted by Crippen LogP contribution is 2.25. The largest absolute Gasteiger partial charge is 0.348 e. The van der Waals surface area contributed by atoms with Crippen molar-refractivity contribution in [2.45, 2.75) is 13.0 Å². The molecule has 0 aromatic heterocycles. The van der Waals surface area contributed by atoms with Gasteiger partial charge < -0.3 is 10.6 Å². The van der Waals surface area contributed by atoms with E-state index in [2.05, 4.69) is 31.5 Å². The van der Waals surface area contributed by atoms with Crippen molar-refractivity contribution in [1.82, 2.24) is 15.5 Å². The SMILES string of the molecule is CC(NC(=O)CN1CC2CNCC2C1)c1ccc(Br)cc1. The average molecular weight is 352 g/mol. The number of carbonyl (C=O) groups is 1. The molecule has 2 N–H and O–H groups in total. The molecule has 2 heterocycles. The molecule has 3 atom stereocenters. The van der Waals surface area contributed by atoms with Crippen LogP contribution in [0.3, 0.4) is 0 Å². The smallest absolute Gasteiger partial charge is 0.234 e. The van der Waals surface area contributed by atoms with Crippen molar-refractivity contribution >= 4 is 21.8 Å². The maximum absolute atomic E-state index is 12.2. The van der Waals surface area contributed by atoms with Crippen LogP contribution in [0, 0.1) is 11.8 Å². The van der Waals surface area contributed by atoms with Crippen LogP contribution in [0.5, 0.6) is 0 Å². The van der Waals surface area contributed by atoms with E-state index in [1.54, 1.807) is 0 Å². The van der Waals surface area contributed by atoms with Crippen molar-refractivity contribution in [2.24, 2.45) is 11.8 Å². The molecule has 3 rings (SSSR count). The number of halogens is 1. The van der Waals surface area contributed by atoms with Gasteiger partial charge in [-0.3, -0.25) is 9.69 Å². The monoisotopic (exact) mass is 351 g/mol. The van der Waals surface area contributed by atoms with Gasteiger partial charge in [-0.15, -0.1) is 0 Å². The minimum absolute atomic E-state index is 0.0503. The second kappa shape index (κ2) is 6.46. The Morgan fingerprint density at radius 2 is 1.95 bits per heavy atom. The fourth-order valence-corrected chi connectivity index (χ4v) is 3.67. The molecular formula is C16H22BrN3O. The van der Waals surface area contributed by atoms with E-state index in [9.17, 15) is 4.79 Å². The third-order valence-electron chi connectivity index (χ3n) is 4.58. The number of hydrogen-bond acceptors (Lipinski definition) is 3. The molecule has 2 saturated heterocycles. The van der Waals surface area contributed by atoms with E-state index in [1.807, 2.05) is 31.2 Å². The first-order valence-electron chi connectivity index (χ1n) is 7.59. The van der Waals surface area contributed by atoms with Gasteiger partial charge in [0, 0.05) is 17.6 Å². The quantitative estimate of drug-likeness (QED) is 0.868. The maximum Gasteiger partial charge on any atom is 0.234 e. The molecule has 114 valence electrons. The molecular weight excluding hydrogens is 330 g/mol. The van der Waals surface area contributed by atoms with Crippen molar-refractivity contribution in [3.63, 3.8) is 0 Å². The molecule has 0 spiro atoms. The van der Waals surface area contributed by atoms with Gasteiger partial charge in [-0.25, -0.2) is 0 Å². The van der Waals surface area contributed by atoms with Crippen molar-refractivity contribution < 1.29 is 4.79 Å². The van der Waals surface area contributed by atoms with Gasteiger partial charge in [0.15, 0.2) is 0 Å². The maximum atomic E-state index is 12.2. The third-order valence-corrected chi connectivity index (χ3v) is 5.11. The molecule has 1 amide bonds. The second-order valence-electron chi connectivity index (χ2n) is 6.21. The van der Waals surface area contributed by atoms with E-state index >= 15 is 0 Å². The Morgan fingerprint density at radius 1 is 1.33 bits per heavy atom. The number of hydrogen-bond donors (Lipinski definition) is 2. The van der Waals surface area contributed by atoms with Crippen molar-refractivity contribution in [2.75, 3.05) is 32.7 Å². The van der Waals surface area contributed by atoms with Crippen LogP contribution in [0.15, 0.2) is 28.7 Å². The van der Waals surface area contributed by atoms with E-state index in [0.29, 0.717) is 6.54 Å². The highest BCUT2D eigenvalue weighted by Gasteiger charge is 2.36. The number of amides is 1. The number of fused-ring (bicyclic) bond motifs is 1. The summed E-state index contributed by atoms with van der Waals surface area (Å²) < 4.78 is 1.06. The lowest BCUT2D eigenvalue weighted by molar-refractivity contribution is -0.122. The molecule has 1 aromatic rings. The average Bonchev–Trinajstić information content (AvgIpc) is 3.00. The number of nitrogens with zero attached hydrogens (tertiary/aromatic N) is 1. The molecule has 2 aliphatic heterocycles. The molecule has 3 unspecified atom stereocenters. The first-order chi connectivity index (χ1) is 10.1. The summed E-state index contributed by atoms with van der Waals surface area (Å²) >= 11 is 3.43. The minimum Gasteiger partial charge on any atom is -0.348 e. The Balaban J connectivity index is 1.49. The highest BCUT2D eigenvalue weighted by molar-refractivity contribution is 9.10. The lowest BCUT2D eigenvalue weighted by Crippen LogP contribution is -2.38. The van der Waals surface area contributed by atoms with E-state index in [0.717, 1.165) is 48.1 Å². The summed E-state index contributed by atoms with van der Waals surface area (Å²) in [6.07, 6.45) is 0. The number of benzene rings is 1. The van der Waals surface area contributed by atoms with Gasteiger partial charge in [0.05, 0.1) is 12.6 Å². The first-order valence-corrected chi connectivity index (χ1v) is 8.39. The molecule has 5 heteroatoms. The predicted octanol–water partition coefficient (Wildman–Crippen LogP) is 1.78. The van der Waals surface area contributed by atoms with Crippen LogP contribution in [0.1, 0.15) is 18.5 Å². The van der Waals surface area contributed by atoms with Gasteiger partial charge in [0.25, 0.3) is 0 Å². The standard InChI is InChI=1S/C16H22BrN3O/c1-11(12-2-4-15(17)5-3-12)19-16(21)10-20-8-13-6-18-7-14(13)9-20/h2-5,11,13-14,18H,6-10H2,1H3,(H,19,21). The number of carbonyl (C=O) groups excluding carboxylic acids is 1. The Morgan fingerprint density at radius 3 is 2.57 bits per heavy atom. The number of likely N-dealkylation sites (tertiary alicyclic amines) is 1. The summed E-state index contributed by atoms with van der Waals surface area (Å²) in [6.45, 7) is 6.88. The van der Waals surface area contributed by atoms with Crippen LogP contribution < -0.4 is 10.6 Å². The van der Waals surface area contributed by atoms with Gasteiger partial charge in [0.2, 0.25) is 5.91 Å². The lowest BCUT2D eigenvalue weighted by Gasteiger charge is -2.19. The summed E-state index contributed by atoms with van der Waals surface area (Å²) in [5.74, 6) is 1.60. The van der Waals surface area contributed by atoms with Crippen molar-refractivity contribution in [3.05, 3.63) is 34.3 Å². The molecule has 0 saturated carbocycles. The molecule has 0 aliphatic carbocycles. The fourth-order valence-electron chi connectivity index (χ4n) is 3.41. The molecule has 21 heavy (non-hydrogen) atoms. The highest BCUT2D eigenvalue weighted by atomic mass is 79.9. The van der Waals surface area contributed by atoms with E-state index in [4.69, 9.17) is 0 Å². The molecule has 2 fully saturated rings. The molecule has 2 aliphatic rings. The number of rotatable bonds is 4. The summed E-state index contributed by atoms with van der Waals surface area (Å²) in [5.41, 5.74) is 1.13. The fraction of sp³-hybridized carbons (Fsp3) is 0.562. The van der Waals surface area contributed by atoms with Crippen LogP contribution in [0.25, 0.3) is 0 Å². The van der Waals surface area contributed by atoms with Crippen molar-refractivity contribution in [3.8, 4) is 0 Å². The van der Waals surface area contributed by atoms with Gasteiger partial charge in [-0.2, -0.15) is 0 Å². The summed E-state index contributed by atoms with van der Waals surface area (Å²) in [5, 5.41) is 6.52. The summed E-state index contributed by atoms with van der Waals surface area (Å²) in [6, 6.07) is 8.15. The summed E-state index contributed by atoms with van der Waals surface area (Å²) in [4.78, 5) is 14.5. The van der Waals surface area contributed by atoms with Gasteiger partial charge >= 0.3 is 0 Å². The Bertz CT molecular complexity index is 493. The zero-order valence-electron chi connectivity index (χ0n) is 12.3. The zero-order chi connectivity index (χ0) is 14.8. The molecule has 1 aromatic carbocycles. The minimum atomic E-state index is 0.0503. The van der Waals surface area contributed by atoms with E-state index < -0.39 is 0 Å². The van der Waals surface area contributed by atoms with Crippen LogP contribution >= 0.6 is 15.9 Å². The van der Waals surface area contributed by atoms with Crippen LogP contribution in [0.2, 0.25) is 0 Å². The van der Waals surface area contributed by atoms with Gasteiger partial charge in [-0.1, -0.05) is 28.1 Å². The summed E-state index contributed by atoms with van der Waals surface area (Å²) in [7, 11) is 0. The van der Waals surface area contributed by atoms with Gasteiger partial charge in [-0.05, 0) is 49.5 Å². The lowest BCUT2D eigenvalue weighted by atomic mass is 10.0. The van der Waals surface area contributed by atoms with Crippen LogP contribution in [-0.4, -0.2) is 43.5 Å². The Kier molecular flexibility index (Phi) is 4.62. The van der Waals surface area contributed by atoms with Crippen LogP contribution in [0.4, 0.5) is 0 Å². The third kappa shape index (κ3) is 3.65. The predicted molar refractivity (Wildman–Crippen MR) is 87.0 cm³/mol. The first kappa shape index (κ1) is 15.0. The molecule has 0 bridgehead atoms. The van der Waals surface area contributed by atoms with E-state index in [-0.39, 0.29) is 11.9 Å². The Hall–Kier alpha value is -0.910. The molecule has 0 radical (unpaired) electrons. The van der Waals surface area contributed by atoms with Crippen LogP contribution in [-0.2, 0) is 4.79 Å². The zero-order valence-corrected chi connectivity index (χ0v) is 13.9. The van der Waals surface area contributed by atoms with Crippen molar-refractivity contribution in [1.29, 1.82) is 0 Å². The Labute approximate surface area is 134 Å². The number of nitrogens with one attached hydrogen (secondary N) is 2. The van der Waals surface area contributed by atoms with E-state index in [1.165, 1.54) is 0 Å². The van der Waals surface area contributed by atoms with Gasteiger partial charge in [0.1, 0.15) is 0 Å². The second-order valence-corrected chi connectivity index (χ2v) is 7.13. The topological polar surface area (TPSA) is 44.4 Å². The normalized spacial score (nSPS) is 26.6.